The molecule has 1 fully saturated rings. The van der Waals surface area contributed by atoms with Crippen LogP contribution in [0.4, 0.5) is 0 Å². The molecule has 0 amide bonds. The van der Waals surface area contributed by atoms with Gasteiger partial charge >= 0.3 is 0 Å². The van der Waals surface area contributed by atoms with E-state index in [0.717, 1.165) is 37.6 Å². The molecular formula is C13H18ClNO. The van der Waals surface area contributed by atoms with Crippen LogP contribution in [-0.2, 0) is 11.3 Å². The van der Waals surface area contributed by atoms with Gasteiger partial charge in [0, 0.05) is 30.8 Å². The zero-order chi connectivity index (χ0) is 11.4. The lowest BCUT2D eigenvalue weighted by Gasteiger charge is -2.23. The molecule has 0 spiro atoms. The SMILES string of the molecule is Cc1cc(Cl)ccc1CNC1CCOCC1. The van der Waals surface area contributed by atoms with Gasteiger partial charge in [-0.05, 0) is 43.0 Å². The number of aryl methyl sites for hydroxylation is 1. The van der Waals surface area contributed by atoms with Gasteiger partial charge < -0.3 is 10.1 Å². The minimum Gasteiger partial charge on any atom is -0.381 e. The van der Waals surface area contributed by atoms with Crippen molar-refractivity contribution in [2.45, 2.75) is 32.4 Å². The predicted molar refractivity (Wildman–Crippen MR) is 66.9 cm³/mol. The van der Waals surface area contributed by atoms with Gasteiger partial charge in [-0.2, -0.15) is 0 Å². The number of rotatable bonds is 3. The number of nitrogens with one attached hydrogen (secondary N) is 1. The predicted octanol–water partition coefficient (Wildman–Crippen LogP) is 2.92. The molecule has 0 unspecified atom stereocenters. The second-order valence-electron chi connectivity index (χ2n) is 4.34. The van der Waals surface area contributed by atoms with Crippen molar-refractivity contribution in [1.29, 1.82) is 0 Å². The van der Waals surface area contributed by atoms with E-state index in [1.54, 1.807) is 0 Å². The maximum Gasteiger partial charge on any atom is 0.0480 e. The zero-order valence-electron chi connectivity index (χ0n) is 9.63. The quantitative estimate of drug-likeness (QED) is 0.876. The van der Waals surface area contributed by atoms with Gasteiger partial charge in [0.05, 0.1) is 0 Å². The van der Waals surface area contributed by atoms with E-state index < -0.39 is 0 Å². The molecule has 0 radical (unpaired) electrons. The lowest BCUT2D eigenvalue weighted by molar-refractivity contribution is 0.0776. The third-order valence-corrected chi connectivity index (χ3v) is 3.34. The summed E-state index contributed by atoms with van der Waals surface area (Å²) in [4.78, 5) is 0. The van der Waals surface area contributed by atoms with Gasteiger partial charge in [-0.3, -0.25) is 0 Å². The highest BCUT2D eigenvalue weighted by Gasteiger charge is 2.12. The fraction of sp³-hybridized carbons (Fsp3) is 0.538. The lowest BCUT2D eigenvalue weighted by atomic mass is 10.1. The van der Waals surface area contributed by atoms with Crippen molar-refractivity contribution < 1.29 is 4.74 Å². The first kappa shape index (κ1) is 11.9. The molecule has 1 aliphatic heterocycles. The van der Waals surface area contributed by atoms with E-state index in [4.69, 9.17) is 16.3 Å². The Morgan fingerprint density at radius 3 is 2.81 bits per heavy atom. The number of hydrogen-bond donors (Lipinski definition) is 1. The molecule has 3 heteroatoms. The number of ether oxygens (including phenoxy) is 1. The molecule has 1 aromatic rings. The zero-order valence-corrected chi connectivity index (χ0v) is 10.4. The highest BCUT2D eigenvalue weighted by atomic mass is 35.5. The normalized spacial score (nSPS) is 17.6. The molecule has 2 rings (SSSR count). The average Bonchev–Trinajstić information content (AvgIpc) is 2.29. The molecule has 1 N–H and O–H groups in total. The van der Waals surface area contributed by atoms with Crippen molar-refractivity contribution in [3.63, 3.8) is 0 Å². The number of hydrogen-bond acceptors (Lipinski definition) is 2. The second kappa shape index (κ2) is 5.67. The number of halogens is 1. The smallest absolute Gasteiger partial charge is 0.0480 e. The highest BCUT2D eigenvalue weighted by molar-refractivity contribution is 6.30. The van der Waals surface area contributed by atoms with E-state index in [2.05, 4.69) is 18.3 Å². The van der Waals surface area contributed by atoms with E-state index >= 15 is 0 Å². The van der Waals surface area contributed by atoms with Gasteiger partial charge in [0.1, 0.15) is 0 Å². The summed E-state index contributed by atoms with van der Waals surface area (Å²) in [6, 6.07) is 6.67. The van der Waals surface area contributed by atoms with E-state index in [-0.39, 0.29) is 0 Å². The first-order valence-corrected chi connectivity index (χ1v) is 6.19. The first-order valence-electron chi connectivity index (χ1n) is 5.82. The van der Waals surface area contributed by atoms with Crippen molar-refractivity contribution >= 4 is 11.6 Å². The molecule has 88 valence electrons. The molecule has 1 aliphatic rings. The molecule has 0 atom stereocenters. The van der Waals surface area contributed by atoms with Crippen LogP contribution in [0.2, 0.25) is 5.02 Å². The van der Waals surface area contributed by atoms with Crippen LogP contribution < -0.4 is 5.32 Å². The van der Waals surface area contributed by atoms with Crippen molar-refractivity contribution in [3.8, 4) is 0 Å². The lowest BCUT2D eigenvalue weighted by Crippen LogP contribution is -2.34. The fourth-order valence-electron chi connectivity index (χ4n) is 2.01. The summed E-state index contributed by atoms with van der Waals surface area (Å²) < 4.78 is 5.33. The summed E-state index contributed by atoms with van der Waals surface area (Å²) in [6.45, 7) is 4.80. The summed E-state index contributed by atoms with van der Waals surface area (Å²) in [6.07, 6.45) is 2.24. The van der Waals surface area contributed by atoms with Crippen molar-refractivity contribution in [3.05, 3.63) is 34.3 Å². The summed E-state index contributed by atoms with van der Waals surface area (Å²) >= 11 is 5.93. The Bertz CT molecular complexity index is 348. The Balaban J connectivity index is 1.88. The van der Waals surface area contributed by atoms with E-state index in [1.807, 2.05) is 12.1 Å². The summed E-state index contributed by atoms with van der Waals surface area (Å²) in [7, 11) is 0. The van der Waals surface area contributed by atoms with Gasteiger partial charge in [0.2, 0.25) is 0 Å². The molecule has 0 aliphatic carbocycles. The average molecular weight is 240 g/mol. The van der Waals surface area contributed by atoms with Gasteiger partial charge in [-0.15, -0.1) is 0 Å². The largest absolute Gasteiger partial charge is 0.381 e. The van der Waals surface area contributed by atoms with Gasteiger partial charge in [-0.1, -0.05) is 17.7 Å². The third-order valence-electron chi connectivity index (χ3n) is 3.11. The Morgan fingerprint density at radius 2 is 2.12 bits per heavy atom. The maximum atomic E-state index is 5.93. The standard InChI is InChI=1S/C13H18ClNO/c1-10-8-12(14)3-2-11(10)9-15-13-4-6-16-7-5-13/h2-3,8,13,15H,4-7,9H2,1H3. The van der Waals surface area contributed by atoms with Crippen LogP contribution in [0.5, 0.6) is 0 Å². The molecule has 1 saturated heterocycles. The van der Waals surface area contributed by atoms with Crippen molar-refractivity contribution in [2.24, 2.45) is 0 Å². The van der Waals surface area contributed by atoms with Crippen LogP contribution in [0, 0.1) is 6.92 Å². The maximum absolute atomic E-state index is 5.93. The monoisotopic (exact) mass is 239 g/mol. The molecule has 0 bridgehead atoms. The highest BCUT2D eigenvalue weighted by Crippen LogP contribution is 2.16. The minimum atomic E-state index is 0.601. The second-order valence-corrected chi connectivity index (χ2v) is 4.77. The third kappa shape index (κ3) is 3.21. The van der Waals surface area contributed by atoms with E-state index in [1.165, 1.54) is 11.1 Å². The van der Waals surface area contributed by atoms with E-state index in [0.29, 0.717) is 6.04 Å². The topological polar surface area (TPSA) is 21.3 Å². The Morgan fingerprint density at radius 1 is 1.38 bits per heavy atom. The summed E-state index contributed by atoms with van der Waals surface area (Å²) in [5, 5.41) is 4.39. The van der Waals surface area contributed by atoms with Crippen LogP contribution in [0.1, 0.15) is 24.0 Å². The summed E-state index contributed by atoms with van der Waals surface area (Å²) in [5.74, 6) is 0. The van der Waals surface area contributed by atoms with Gasteiger partial charge in [0.15, 0.2) is 0 Å². The van der Waals surface area contributed by atoms with Gasteiger partial charge in [-0.25, -0.2) is 0 Å². The number of benzene rings is 1. The Labute approximate surface area is 102 Å². The summed E-state index contributed by atoms with van der Waals surface area (Å²) in [5.41, 5.74) is 2.59. The molecule has 0 saturated carbocycles. The molecule has 1 heterocycles. The molecule has 0 aromatic heterocycles. The minimum absolute atomic E-state index is 0.601. The van der Waals surface area contributed by atoms with Crippen LogP contribution >= 0.6 is 11.6 Å². The van der Waals surface area contributed by atoms with Crippen molar-refractivity contribution in [1.82, 2.24) is 5.32 Å². The molecular weight excluding hydrogens is 222 g/mol. The van der Waals surface area contributed by atoms with Crippen LogP contribution in [0.15, 0.2) is 18.2 Å². The van der Waals surface area contributed by atoms with Gasteiger partial charge in [0.25, 0.3) is 0 Å². The van der Waals surface area contributed by atoms with Crippen LogP contribution in [-0.4, -0.2) is 19.3 Å². The van der Waals surface area contributed by atoms with Crippen LogP contribution in [0.25, 0.3) is 0 Å². The first-order chi connectivity index (χ1) is 7.75. The Hall–Kier alpha value is -0.570. The van der Waals surface area contributed by atoms with E-state index in [9.17, 15) is 0 Å². The van der Waals surface area contributed by atoms with Crippen LogP contribution in [0.3, 0.4) is 0 Å². The molecule has 2 nitrogen and oxygen atoms in total. The molecule has 1 aromatic carbocycles. The fourth-order valence-corrected chi connectivity index (χ4v) is 2.24. The molecule has 16 heavy (non-hydrogen) atoms. The van der Waals surface area contributed by atoms with Crippen molar-refractivity contribution in [2.75, 3.05) is 13.2 Å². The Kier molecular flexibility index (Phi) is 4.22.